The average Bonchev–Trinajstić information content (AvgIpc) is 3.55. The minimum atomic E-state index is -0.0934. The van der Waals surface area contributed by atoms with Gasteiger partial charge in [0.05, 0.1) is 4.88 Å². The van der Waals surface area contributed by atoms with Crippen LogP contribution in [0.4, 0.5) is 11.8 Å². The standard InChI is InChI=1S/C21H24N6O2S/c1-15-13-19(25-6-2-3-7-25)23-21(22-15)27-10-8-26(9-11-27)20(28)16-14-17(29-24-16)18-5-4-12-30-18/h4-5,12-14H,2-3,6-11H2,1H3. The first-order valence-corrected chi connectivity index (χ1v) is 11.2. The number of aromatic nitrogens is 3. The van der Waals surface area contributed by atoms with Gasteiger partial charge < -0.3 is 19.2 Å². The number of rotatable bonds is 4. The molecule has 0 atom stereocenters. The molecule has 8 nitrogen and oxygen atoms in total. The van der Waals surface area contributed by atoms with Crippen molar-refractivity contribution in [1.82, 2.24) is 20.0 Å². The van der Waals surface area contributed by atoms with Crippen molar-refractivity contribution in [1.29, 1.82) is 0 Å². The summed E-state index contributed by atoms with van der Waals surface area (Å²) in [4.78, 5) is 29.6. The summed E-state index contributed by atoms with van der Waals surface area (Å²) in [5.74, 6) is 2.31. The number of aryl methyl sites for hydroxylation is 1. The van der Waals surface area contributed by atoms with Crippen LogP contribution in [-0.4, -0.2) is 65.2 Å². The molecule has 0 aliphatic carbocycles. The van der Waals surface area contributed by atoms with Gasteiger partial charge in [0.15, 0.2) is 11.5 Å². The fourth-order valence-electron chi connectivity index (χ4n) is 3.97. The Kier molecular flexibility index (Phi) is 5.12. The van der Waals surface area contributed by atoms with Crippen molar-refractivity contribution in [3.8, 4) is 10.6 Å². The van der Waals surface area contributed by atoms with Crippen molar-refractivity contribution < 1.29 is 9.32 Å². The number of piperazine rings is 1. The van der Waals surface area contributed by atoms with Crippen LogP contribution in [0.1, 0.15) is 29.0 Å². The molecule has 0 bridgehead atoms. The van der Waals surface area contributed by atoms with Gasteiger partial charge >= 0.3 is 0 Å². The SMILES string of the molecule is Cc1cc(N2CCCC2)nc(N2CCN(C(=O)c3cc(-c4cccs4)on3)CC2)n1. The molecule has 0 N–H and O–H groups in total. The van der Waals surface area contributed by atoms with E-state index in [9.17, 15) is 4.79 Å². The second-order valence-corrected chi connectivity index (χ2v) is 8.64. The number of amides is 1. The van der Waals surface area contributed by atoms with Crippen LogP contribution in [0.5, 0.6) is 0 Å². The van der Waals surface area contributed by atoms with Crippen LogP contribution in [-0.2, 0) is 0 Å². The summed E-state index contributed by atoms with van der Waals surface area (Å²) in [6.07, 6.45) is 2.44. The highest BCUT2D eigenvalue weighted by Gasteiger charge is 2.26. The quantitative estimate of drug-likeness (QED) is 0.637. The average molecular weight is 425 g/mol. The van der Waals surface area contributed by atoms with Crippen LogP contribution in [0, 0.1) is 6.92 Å². The Balaban J connectivity index is 1.25. The third-order valence-electron chi connectivity index (χ3n) is 5.60. The molecule has 156 valence electrons. The summed E-state index contributed by atoms with van der Waals surface area (Å²) in [7, 11) is 0. The van der Waals surface area contributed by atoms with Gasteiger partial charge in [0, 0.05) is 57.1 Å². The lowest BCUT2D eigenvalue weighted by Gasteiger charge is -2.34. The second kappa shape index (κ2) is 8.06. The molecule has 9 heteroatoms. The minimum absolute atomic E-state index is 0.0934. The minimum Gasteiger partial charge on any atom is -0.356 e. The highest BCUT2D eigenvalue weighted by Crippen LogP contribution is 2.26. The number of hydrogen-bond acceptors (Lipinski definition) is 8. The smallest absolute Gasteiger partial charge is 0.276 e. The number of nitrogens with zero attached hydrogens (tertiary/aromatic N) is 6. The Hall–Kier alpha value is -2.94. The molecular weight excluding hydrogens is 400 g/mol. The van der Waals surface area contributed by atoms with E-state index in [0.717, 1.165) is 35.4 Å². The molecule has 2 aliphatic heterocycles. The maximum atomic E-state index is 12.9. The Morgan fingerprint density at radius 3 is 2.57 bits per heavy atom. The van der Waals surface area contributed by atoms with Gasteiger partial charge in [-0.2, -0.15) is 4.98 Å². The summed E-state index contributed by atoms with van der Waals surface area (Å²) in [5.41, 5.74) is 1.33. The number of carbonyl (C=O) groups excluding carboxylic acids is 1. The largest absolute Gasteiger partial charge is 0.356 e. The molecule has 3 aromatic rings. The second-order valence-electron chi connectivity index (χ2n) is 7.69. The molecule has 2 saturated heterocycles. The molecule has 0 aromatic carbocycles. The zero-order chi connectivity index (χ0) is 20.5. The fourth-order valence-corrected chi connectivity index (χ4v) is 4.64. The summed E-state index contributed by atoms with van der Waals surface area (Å²) < 4.78 is 5.36. The Morgan fingerprint density at radius 2 is 1.83 bits per heavy atom. The van der Waals surface area contributed by atoms with Crippen LogP contribution in [0.2, 0.25) is 0 Å². The molecule has 3 aromatic heterocycles. The highest BCUT2D eigenvalue weighted by atomic mass is 32.1. The van der Waals surface area contributed by atoms with Crippen LogP contribution < -0.4 is 9.80 Å². The van der Waals surface area contributed by atoms with Crippen molar-refractivity contribution in [3.05, 3.63) is 41.0 Å². The van der Waals surface area contributed by atoms with Crippen LogP contribution in [0.15, 0.2) is 34.2 Å². The third-order valence-corrected chi connectivity index (χ3v) is 6.49. The maximum absolute atomic E-state index is 12.9. The van der Waals surface area contributed by atoms with Crippen LogP contribution in [0.25, 0.3) is 10.6 Å². The topological polar surface area (TPSA) is 78.6 Å². The molecule has 30 heavy (non-hydrogen) atoms. The van der Waals surface area contributed by atoms with E-state index in [1.807, 2.05) is 29.3 Å². The summed E-state index contributed by atoms with van der Waals surface area (Å²) in [6, 6.07) is 7.69. The van der Waals surface area contributed by atoms with Gasteiger partial charge in [0.25, 0.3) is 5.91 Å². The van der Waals surface area contributed by atoms with E-state index in [2.05, 4.69) is 26.0 Å². The van der Waals surface area contributed by atoms with Crippen molar-refractivity contribution in [2.24, 2.45) is 0 Å². The Morgan fingerprint density at radius 1 is 1.03 bits per heavy atom. The molecule has 0 radical (unpaired) electrons. The van der Waals surface area contributed by atoms with E-state index < -0.39 is 0 Å². The molecular formula is C21H24N6O2S. The van der Waals surface area contributed by atoms with Gasteiger partial charge in [-0.3, -0.25) is 4.79 Å². The van der Waals surface area contributed by atoms with Crippen molar-refractivity contribution in [3.63, 3.8) is 0 Å². The molecule has 2 aliphatic rings. The number of carbonyl (C=O) groups is 1. The Bertz CT molecular complexity index is 1020. The van der Waals surface area contributed by atoms with Gasteiger partial charge in [-0.05, 0) is 31.2 Å². The molecule has 0 saturated carbocycles. The van der Waals surface area contributed by atoms with E-state index in [-0.39, 0.29) is 5.91 Å². The lowest BCUT2D eigenvalue weighted by Crippen LogP contribution is -2.49. The zero-order valence-electron chi connectivity index (χ0n) is 17.0. The molecule has 5 heterocycles. The molecule has 0 unspecified atom stereocenters. The van der Waals surface area contributed by atoms with Crippen molar-refractivity contribution in [2.45, 2.75) is 19.8 Å². The van der Waals surface area contributed by atoms with Gasteiger partial charge in [0.2, 0.25) is 5.95 Å². The summed E-state index contributed by atoms with van der Waals surface area (Å²) in [5, 5.41) is 5.96. The van der Waals surface area contributed by atoms with Gasteiger partial charge in [-0.25, -0.2) is 4.98 Å². The van der Waals surface area contributed by atoms with Gasteiger partial charge in [-0.1, -0.05) is 11.2 Å². The summed E-state index contributed by atoms with van der Waals surface area (Å²) in [6.45, 7) is 6.74. The lowest BCUT2D eigenvalue weighted by molar-refractivity contribution is 0.0736. The maximum Gasteiger partial charge on any atom is 0.276 e. The number of hydrogen-bond donors (Lipinski definition) is 0. The van der Waals surface area contributed by atoms with E-state index >= 15 is 0 Å². The number of thiophene rings is 1. The van der Waals surface area contributed by atoms with Crippen molar-refractivity contribution in [2.75, 3.05) is 49.1 Å². The first-order valence-electron chi connectivity index (χ1n) is 10.3. The highest BCUT2D eigenvalue weighted by molar-refractivity contribution is 7.13. The first-order chi connectivity index (χ1) is 14.7. The summed E-state index contributed by atoms with van der Waals surface area (Å²) >= 11 is 1.56. The number of anilines is 2. The fraction of sp³-hybridized carbons (Fsp3) is 0.429. The van der Waals surface area contributed by atoms with E-state index in [0.29, 0.717) is 37.6 Å². The monoisotopic (exact) mass is 424 g/mol. The van der Waals surface area contributed by atoms with Gasteiger partial charge in [-0.15, -0.1) is 11.3 Å². The van der Waals surface area contributed by atoms with Crippen LogP contribution >= 0.6 is 11.3 Å². The zero-order valence-corrected chi connectivity index (χ0v) is 17.8. The predicted molar refractivity (Wildman–Crippen MR) is 116 cm³/mol. The van der Waals surface area contributed by atoms with E-state index in [4.69, 9.17) is 9.51 Å². The van der Waals surface area contributed by atoms with Crippen LogP contribution in [0.3, 0.4) is 0 Å². The first kappa shape index (κ1) is 19.0. The van der Waals surface area contributed by atoms with E-state index in [1.54, 1.807) is 17.4 Å². The third kappa shape index (κ3) is 3.77. The Labute approximate surface area is 179 Å². The van der Waals surface area contributed by atoms with Crippen molar-refractivity contribution >= 4 is 29.0 Å². The lowest BCUT2D eigenvalue weighted by atomic mass is 10.2. The van der Waals surface area contributed by atoms with Gasteiger partial charge in [0.1, 0.15) is 5.82 Å². The molecule has 5 rings (SSSR count). The normalized spacial score (nSPS) is 17.0. The predicted octanol–water partition coefficient (Wildman–Crippen LogP) is 3.06. The van der Waals surface area contributed by atoms with E-state index in [1.165, 1.54) is 12.8 Å². The molecule has 0 spiro atoms. The molecule has 2 fully saturated rings. The molecule has 1 amide bonds.